The molecule has 0 atom stereocenters. The molecule has 1 saturated heterocycles. The molecule has 150 valence electrons. The summed E-state index contributed by atoms with van der Waals surface area (Å²) in [6.45, 7) is 5.11. The summed E-state index contributed by atoms with van der Waals surface area (Å²) in [5.74, 6) is 0.0230. The minimum absolute atomic E-state index is 0.0355. The second kappa shape index (κ2) is 9.10. The molecule has 0 saturated carbocycles. The molecule has 29 heavy (non-hydrogen) atoms. The van der Waals surface area contributed by atoms with Gasteiger partial charge in [-0.1, -0.05) is 36.4 Å². The van der Waals surface area contributed by atoms with Gasteiger partial charge in [0.05, 0.1) is 25.1 Å². The molecule has 0 aliphatic carbocycles. The number of carbonyl (C=O) groups is 1. The zero-order valence-electron chi connectivity index (χ0n) is 16.8. The number of furan rings is 1. The van der Waals surface area contributed by atoms with Crippen LogP contribution in [0.5, 0.6) is 0 Å². The smallest absolute Gasteiger partial charge is 0.309 e. The highest BCUT2D eigenvalue weighted by atomic mass is 16.5. The normalized spacial score (nSPS) is 15.3. The number of hydrogen-bond donors (Lipinski definition) is 0. The van der Waals surface area contributed by atoms with Crippen LogP contribution in [0.2, 0.25) is 0 Å². The molecule has 0 amide bonds. The van der Waals surface area contributed by atoms with Crippen molar-refractivity contribution < 1.29 is 13.9 Å². The molecule has 0 bridgehead atoms. The molecule has 3 aromatic rings. The molecule has 0 unspecified atom stereocenters. The molecular weight excluding hydrogens is 362 g/mol. The molecule has 1 aliphatic rings. The van der Waals surface area contributed by atoms with Crippen molar-refractivity contribution in [1.29, 1.82) is 0 Å². The Kier molecular flexibility index (Phi) is 6.11. The summed E-state index contributed by atoms with van der Waals surface area (Å²) in [7, 11) is 0. The van der Waals surface area contributed by atoms with Gasteiger partial charge < -0.3 is 9.15 Å². The first-order valence-corrected chi connectivity index (χ1v) is 10.3. The van der Waals surface area contributed by atoms with Crippen LogP contribution >= 0.6 is 0 Å². The van der Waals surface area contributed by atoms with Gasteiger partial charge in [0, 0.05) is 12.1 Å². The third-order valence-electron chi connectivity index (χ3n) is 5.59. The number of rotatable bonds is 6. The molecule has 2 aromatic carbocycles. The fourth-order valence-corrected chi connectivity index (χ4v) is 4.00. The van der Waals surface area contributed by atoms with Crippen molar-refractivity contribution in [2.75, 3.05) is 19.7 Å². The average molecular weight is 389 g/mol. The van der Waals surface area contributed by atoms with Crippen LogP contribution in [0.15, 0.2) is 71.5 Å². The summed E-state index contributed by atoms with van der Waals surface area (Å²) in [6.07, 6.45) is 5.24. The molecule has 0 spiro atoms. The van der Waals surface area contributed by atoms with E-state index in [2.05, 4.69) is 53.4 Å². The first kappa shape index (κ1) is 19.5. The fourth-order valence-electron chi connectivity index (χ4n) is 4.00. The predicted molar refractivity (Wildman–Crippen MR) is 114 cm³/mol. The lowest BCUT2D eigenvalue weighted by atomic mass is 9.96. The molecule has 0 radical (unpaired) electrons. The van der Waals surface area contributed by atoms with E-state index in [1.54, 1.807) is 12.5 Å². The van der Waals surface area contributed by atoms with Gasteiger partial charge in [-0.2, -0.15) is 0 Å². The number of hydrogen-bond acceptors (Lipinski definition) is 4. The SMILES string of the molecule is CCOC(=O)C1CCN(Cc2cccc(-c3cccc(-c4ccoc4)c3)c2)CC1. The summed E-state index contributed by atoms with van der Waals surface area (Å²) in [5, 5.41) is 0. The highest BCUT2D eigenvalue weighted by Gasteiger charge is 2.25. The third kappa shape index (κ3) is 4.77. The van der Waals surface area contributed by atoms with E-state index in [0.29, 0.717) is 6.61 Å². The van der Waals surface area contributed by atoms with Crippen LogP contribution in [0.1, 0.15) is 25.3 Å². The number of benzene rings is 2. The van der Waals surface area contributed by atoms with E-state index in [0.717, 1.165) is 43.6 Å². The van der Waals surface area contributed by atoms with E-state index in [-0.39, 0.29) is 11.9 Å². The van der Waals surface area contributed by atoms with Gasteiger partial charge in [0.1, 0.15) is 0 Å². The van der Waals surface area contributed by atoms with Crippen molar-refractivity contribution in [2.45, 2.75) is 26.3 Å². The molecular formula is C25H27NO3. The summed E-state index contributed by atoms with van der Waals surface area (Å²) in [4.78, 5) is 14.4. The Bertz CT molecular complexity index is 940. The summed E-state index contributed by atoms with van der Waals surface area (Å²) >= 11 is 0. The summed E-state index contributed by atoms with van der Waals surface area (Å²) < 4.78 is 10.4. The Hall–Kier alpha value is -2.85. The molecule has 4 nitrogen and oxygen atoms in total. The predicted octanol–water partition coefficient (Wildman–Crippen LogP) is 5.39. The lowest BCUT2D eigenvalue weighted by Crippen LogP contribution is -2.36. The Labute approximate surface area is 172 Å². The monoisotopic (exact) mass is 389 g/mol. The van der Waals surface area contributed by atoms with E-state index in [1.807, 2.05) is 13.0 Å². The van der Waals surface area contributed by atoms with Crippen LogP contribution in [-0.2, 0) is 16.1 Å². The molecule has 0 N–H and O–H groups in total. The molecule has 1 fully saturated rings. The standard InChI is InChI=1S/C25H27NO3/c1-2-29-25(27)20-9-12-26(13-10-20)17-19-5-3-6-21(15-19)22-7-4-8-23(16-22)24-11-14-28-18-24/h3-8,11,14-16,18,20H,2,9-10,12-13,17H2,1H3. The number of ether oxygens (including phenoxy) is 1. The minimum Gasteiger partial charge on any atom is -0.472 e. The van der Waals surface area contributed by atoms with Gasteiger partial charge in [0.25, 0.3) is 0 Å². The van der Waals surface area contributed by atoms with Crippen molar-refractivity contribution in [2.24, 2.45) is 5.92 Å². The van der Waals surface area contributed by atoms with Crippen LogP contribution in [0.25, 0.3) is 22.3 Å². The number of piperidine rings is 1. The minimum atomic E-state index is -0.0355. The largest absolute Gasteiger partial charge is 0.472 e. The van der Waals surface area contributed by atoms with Crippen molar-refractivity contribution in [3.63, 3.8) is 0 Å². The average Bonchev–Trinajstić information content (AvgIpc) is 3.30. The molecule has 4 heteroatoms. The number of likely N-dealkylation sites (tertiary alicyclic amines) is 1. The maximum atomic E-state index is 11.9. The maximum absolute atomic E-state index is 11.9. The van der Waals surface area contributed by atoms with Crippen molar-refractivity contribution in [3.8, 4) is 22.3 Å². The van der Waals surface area contributed by atoms with Crippen LogP contribution in [0.4, 0.5) is 0 Å². The van der Waals surface area contributed by atoms with E-state index >= 15 is 0 Å². The summed E-state index contributed by atoms with van der Waals surface area (Å²) in [5.41, 5.74) is 5.96. The molecule has 1 aromatic heterocycles. The zero-order chi connectivity index (χ0) is 20.1. The van der Waals surface area contributed by atoms with Crippen molar-refractivity contribution in [1.82, 2.24) is 4.90 Å². The molecule has 2 heterocycles. The van der Waals surface area contributed by atoms with E-state index < -0.39 is 0 Å². The zero-order valence-corrected chi connectivity index (χ0v) is 16.8. The maximum Gasteiger partial charge on any atom is 0.309 e. The Morgan fingerprint density at radius 1 is 1.00 bits per heavy atom. The first-order valence-electron chi connectivity index (χ1n) is 10.3. The quantitative estimate of drug-likeness (QED) is 0.530. The van der Waals surface area contributed by atoms with E-state index in [4.69, 9.17) is 9.15 Å². The van der Waals surface area contributed by atoms with Crippen LogP contribution in [-0.4, -0.2) is 30.6 Å². The topological polar surface area (TPSA) is 42.7 Å². The van der Waals surface area contributed by atoms with Gasteiger partial charge in [-0.15, -0.1) is 0 Å². The van der Waals surface area contributed by atoms with Crippen LogP contribution < -0.4 is 0 Å². The highest BCUT2D eigenvalue weighted by Crippen LogP contribution is 2.28. The Balaban J connectivity index is 1.42. The fraction of sp³-hybridized carbons (Fsp3) is 0.320. The van der Waals surface area contributed by atoms with Gasteiger partial charge in [0.15, 0.2) is 0 Å². The van der Waals surface area contributed by atoms with Crippen LogP contribution in [0.3, 0.4) is 0 Å². The van der Waals surface area contributed by atoms with Gasteiger partial charge in [-0.3, -0.25) is 9.69 Å². The van der Waals surface area contributed by atoms with Crippen molar-refractivity contribution in [3.05, 3.63) is 72.7 Å². The number of esters is 1. The second-order valence-electron chi connectivity index (χ2n) is 7.60. The molecule has 4 rings (SSSR count). The van der Waals surface area contributed by atoms with Crippen LogP contribution in [0, 0.1) is 5.92 Å². The van der Waals surface area contributed by atoms with E-state index in [9.17, 15) is 4.79 Å². The lowest BCUT2D eigenvalue weighted by Gasteiger charge is -2.30. The van der Waals surface area contributed by atoms with E-state index in [1.165, 1.54) is 16.7 Å². The molecule has 1 aliphatic heterocycles. The van der Waals surface area contributed by atoms with Gasteiger partial charge >= 0.3 is 5.97 Å². The second-order valence-corrected chi connectivity index (χ2v) is 7.60. The van der Waals surface area contributed by atoms with Crippen molar-refractivity contribution >= 4 is 5.97 Å². The lowest BCUT2D eigenvalue weighted by molar-refractivity contribution is -0.149. The van der Waals surface area contributed by atoms with Gasteiger partial charge in [-0.25, -0.2) is 0 Å². The summed E-state index contributed by atoms with van der Waals surface area (Å²) in [6, 6.07) is 19.3. The number of nitrogens with zero attached hydrogens (tertiary/aromatic N) is 1. The van der Waals surface area contributed by atoms with Gasteiger partial charge in [0.2, 0.25) is 0 Å². The Morgan fingerprint density at radius 2 is 1.69 bits per heavy atom. The van der Waals surface area contributed by atoms with Gasteiger partial charge in [-0.05, 0) is 73.3 Å². The first-order chi connectivity index (χ1) is 14.2. The Morgan fingerprint density at radius 3 is 2.38 bits per heavy atom. The highest BCUT2D eigenvalue weighted by molar-refractivity contribution is 5.73. The number of carbonyl (C=O) groups excluding carboxylic acids is 1. The third-order valence-corrected chi connectivity index (χ3v) is 5.59.